The molecule has 0 aromatic carbocycles. The molecule has 0 bridgehead atoms. The fraction of sp³-hybridized carbons (Fsp3) is 0.625. The van der Waals surface area contributed by atoms with Crippen LogP contribution in [0.25, 0.3) is 0 Å². The van der Waals surface area contributed by atoms with Crippen molar-refractivity contribution < 1.29 is 9.90 Å². The Labute approximate surface area is 80.2 Å². The summed E-state index contributed by atoms with van der Waals surface area (Å²) in [5.41, 5.74) is 1.29. The van der Waals surface area contributed by atoms with Crippen molar-refractivity contribution in [3.63, 3.8) is 0 Å². The van der Waals surface area contributed by atoms with Crippen molar-refractivity contribution in [1.82, 2.24) is 4.90 Å². The molecule has 1 heterocycles. The SMILES string of the molecule is CC1=C(Br)CN(C(=O)CO)CC1. The van der Waals surface area contributed by atoms with Crippen molar-refractivity contribution in [3.8, 4) is 0 Å². The zero-order chi connectivity index (χ0) is 9.14. The lowest BCUT2D eigenvalue weighted by Gasteiger charge is -2.27. The van der Waals surface area contributed by atoms with Gasteiger partial charge in [-0.05, 0) is 13.3 Å². The largest absolute Gasteiger partial charge is 0.387 e. The summed E-state index contributed by atoms with van der Waals surface area (Å²) >= 11 is 3.40. The zero-order valence-corrected chi connectivity index (χ0v) is 8.60. The van der Waals surface area contributed by atoms with Crippen LogP contribution >= 0.6 is 15.9 Å². The molecule has 1 amide bonds. The number of rotatable bonds is 1. The monoisotopic (exact) mass is 233 g/mol. The number of nitrogens with zero attached hydrogens (tertiary/aromatic N) is 1. The lowest BCUT2D eigenvalue weighted by atomic mass is 10.1. The van der Waals surface area contributed by atoms with Crippen LogP contribution in [0.3, 0.4) is 0 Å². The van der Waals surface area contributed by atoms with Gasteiger partial charge < -0.3 is 10.0 Å². The summed E-state index contributed by atoms with van der Waals surface area (Å²) in [4.78, 5) is 12.7. The normalized spacial score (nSPS) is 18.4. The van der Waals surface area contributed by atoms with Gasteiger partial charge in [0.05, 0.1) is 6.54 Å². The number of halogens is 1. The number of amides is 1. The van der Waals surface area contributed by atoms with E-state index in [2.05, 4.69) is 15.9 Å². The third kappa shape index (κ3) is 2.08. The summed E-state index contributed by atoms with van der Waals surface area (Å²) in [5.74, 6) is -0.195. The van der Waals surface area contributed by atoms with E-state index < -0.39 is 0 Å². The van der Waals surface area contributed by atoms with Gasteiger partial charge in [-0.15, -0.1) is 0 Å². The van der Waals surface area contributed by atoms with Gasteiger partial charge in [-0.25, -0.2) is 0 Å². The van der Waals surface area contributed by atoms with Gasteiger partial charge in [-0.2, -0.15) is 0 Å². The van der Waals surface area contributed by atoms with Crippen molar-refractivity contribution in [2.75, 3.05) is 19.7 Å². The van der Waals surface area contributed by atoms with Gasteiger partial charge >= 0.3 is 0 Å². The molecular formula is C8H12BrNO2. The second kappa shape index (κ2) is 4.05. The molecule has 4 heteroatoms. The van der Waals surface area contributed by atoms with Gasteiger partial charge in [-0.1, -0.05) is 21.5 Å². The average Bonchev–Trinajstić information content (AvgIpc) is 2.08. The predicted octanol–water partition coefficient (Wildman–Crippen LogP) is 0.880. The highest BCUT2D eigenvalue weighted by molar-refractivity contribution is 9.11. The summed E-state index contributed by atoms with van der Waals surface area (Å²) in [7, 11) is 0. The molecule has 0 radical (unpaired) electrons. The van der Waals surface area contributed by atoms with Gasteiger partial charge in [0.25, 0.3) is 0 Å². The Balaban J connectivity index is 2.60. The summed E-state index contributed by atoms with van der Waals surface area (Å²) in [6, 6.07) is 0. The molecule has 1 rings (SSSR count). The first-order valence-electron chi connectivity index (χ1n) is 3.88. The van der Waals surface area contributed by atoms with Gasteiger partial charge in [-0.3, -0.25) is 4.79 Å². The summed E-state index contributed by atoms with van der Waals surface area (Å²) < 4.78 is 1.07. The standard InChI is InChI=1S/C8H12BrNO2/c1-6-2-3-10(4-7(6)9)8(12)5-11/h11H,2-5H2,1H3. The number of aliphatic hydroxyl groups is 1. The van der Waals surface area contributed by atoms with E-state index in [1.807, 2.05) is 6.92 Å². The molecule has 68 valence electrons. The molecular weight excluding hydrogens is 222 g/mol. The van der Waals surface area contributed by atoms with E-state index in [-0.39, 0.29) is 12.5 Å². The summed E-state index contributed by atoms with van der Waals surface area (Å²) in [6.45, 7) is 2.98. The van der Waals surface area contributed by atoms with Crippen LogP contribution in [-0.4, -0.2) is 35.6 Å². The number of aliphatic hydroxyl groups excluding tert-OH is 1. The number of hydrogen-bond donors (Lipinski definition) is 1. The van der Waals surface area contributed by atoms with E-state index in [1.54, 1.807) is 4.90 Å². The third-order valence-corrected chi connectivity index (χ3v) is 2.97. The summed E-state index contributed by atoms with van der Waals surface area (Å²) in [5, 5.41) is 8.62. The minimum atomic E-state index is -0.390. The van der Waals surface area contributed by atoms with E-state index in [9.17, 15) is 4.79 Å². The van der Waals surface area contributed by atoms with Crippen LogP contribution in [0.15, 0.2) is 10.1 Å². The van der Waals surface area contributed by atoms with E-state index in [1.165, 1.54) is 5.57 Å². The van der Waals surface area contributed by atoms with Crippen LogP contribution in [0.1, 0.15) is 13.3 Å². The first-order chi connectivity index (χ1) is 5.65. The van der Waals surface area contributed by atoms with Crippen LogP contribution in [0.4, 0.5) is 0 Å². The summed E-state index contributed by atoms with van der Waals surface area (Å²) in [6.07, 6.45) is 0.895. The minimum Gasteiger partial charge on any atom is -0.387 e. The van der Waals surface area contributed by atoms with E-state index in [0.717, 1.165) is 17.4 Å². The second-order valence-electron chi connectivity index (χ2n) is 2.91. The third-order valence-electron chi connectivity index (χ3n) is 2.04. The number of hydrogen-bond acceptors (Lipinski definition) is 2. The molecule has 0 atom stereocenters. The first-order valence-corrected chi connectivity index (χ1v) is 4.67. The molecule has 0 aromatic heterocycles. The average molecular weight is 234 g/mol. The van der Waals surface area contributed by atoms with Gasteiger partial charge in [0.1, 0.15) is 6.61 Å². The fourth-order valence-electron chi connectivity index (χ4n) is 1.13. The van der Waals surface area contributed by atoms with E-state index in [0.29, 0.717) is 6.54 Å². The maximum absolute atomic E-state index is 11.1. The van der Waals surface area contributed by atoms with E-state index in [4.69, 9.17) is 5.11 Å². The van der Waals surface area contributed by atoms with Crippen LogP contribution in [0.5, 0.6) is 0 Å². The van der Waals surface area contributed by atoms with Gasteiger partial charge in [0, 0.05) is 11.0 Å². The first kappa shape index (κ1) is 9.74. The Morgan fingerprint density at radius 1 is 1.75 bits per heavy atom. The Bertz CT molecular complexity index is 225. The highest BCUT2D eigenvalue weighted by Crippen LogP contribution is 2.21. The highest BCUT2D eigenvalue weighted by atomic mass is 79.9. The molecule has 0 aromatic rings. The number of carbonyl (C=O) groups is 1. The van der Waals surface area contributed by atoms with Crippen molar-refractivity contribution in [2.45, 2.75) is 13.3 Å². The van der Waals surface area contributed by atoms with Crippen molar-refractivity contribution in [1.29, 1.82) is 0 Å². The fourth-order valence-corrected chi connectivity index (χ4v) is 1.63. The molecule has 0 fully saturated rings. The lowest BCUT2D eigenvalue weighted by Crippen LogP contribution is -2.37. The quantitative estimate of drug-likeness (QED) is 0.731. The highest BCUT2D eigenvalue weighted by Gasteiger charge is 2.18. The van der Waals surface area contributed by atoms with E-state index >= 15 is 0 Å². The van der Waals surface area contributed by atoms with Crippen LogP contribution in [0, 0.1) is 0 Å². The molecule has 1 N–H and O–H groups in total. The Morgan fingerprint density at radius 2 is 2.42 bits per heavy atom. The van der Waals surface area contributed by atoms with Crippen molar-refractivity contribution in [3.05, 3.63) is 10.1 Å². The predicted molar refractivity (Wildman–Crippen MR) is 49.9 cm³/mol. The van der Waals surface area contributed by atoms with Crippen LogP contribution in [-0.2, 0) is 4.79 Å². The Kier molecular flexibility index (Phi) is 3.29. The smallest absolute Gasteiger partial charge is 0.248 e. The maximum atomic E-state index is 11.1. The van der Waals surface area contributed by atoms with Gasteiger partial charge in [0.15, 0.2) is 0 Å². The Hall–Kier alpha value is -0.350. The molecule has 1 aliphatic heterocycles. The number of carbonyl (C=O) groups excluding carboxylic acids is 1. The topological polar surface area (TPSA) is 40.5 Å². The van der Waals surface area contributed by atoms with Crippen LogP contribution in [0.2, 0.25) is 0 Å². The molecule has 0 saturated heterocycles. The molecule has 0 spiro atoms. The van der Waals surface area contributed by atoms with Crippen LogP contribution < -0.4 is 0 Å². The molecule has 1 aliphatic rings. The van der Waals surface area contributed by atoms with Gasteiger partial charge in [0.2, 0.25) is 5.91 Å². The van der Waals surface area contributed by atoms with Crippen molar-refractivity contribution in [2.24, 2.45) is 0 Å². The molecule has 12 heavy (non-hydrogen) atoms. The second-order valence-corrected chi connectivity index (χ2v) is 3.87. The maximum Gasteiger partial charge on any atom is 0.248 e. The Morgan fingerprint density at radius 3 is 2.92 bits per heavy atom. The lowest BCUT2D eigenvalue weighted by molar-refractivity contribution is -0.133. The minimum absolute atomic E-state index is 0.195. The molecule has 0 saturated carbocycles. The van der Waals surface area contributed by atoms with Crippen molar-refractivity contribution >= 4 is 21.8 Å². The molecule has 0 aliphatic carbocycles. The molecule has 0 unspecified atom stereocenters. The zero-order valence-electron chi connectivity index (χ0n) is 7.01. The molecule has 3 nitrogen and oxygen atoms in total.